The maximum Gasteiger partial charge on any atom is 0.330 e. The summed E-state index contributed by atoms with van der Waals surface area (Å²) >= 11 is 0. The molecule has 1 aliphatic rings. The van der Waals surface area contributed by atoms with Crippen LogP contribution in [-0.4, -0.2) is 53.3 Å². The monoisotopic (exact) mass is 459 g/mol. The Morgan fingerprint density at radius 2 is 1.47 bits per heavy atom. The predicted molar refractivity (Wildman–Crippen MR) is 121 cm³/mol. The number of ether oxygens (including phenoxy) is 2. The molecule has 1 heterocycles. The largest absolute Gasteiger partial charge is 0.508 e. The molecule has 0 spiro atoms. The van der Waals surface area contributed by atoms with Crippen molar-refractivity contribution in [2.24, 2.45) is 0 Å². The zero-order chi connectivity index (χ0) is 24.2. The van der Waals surface area contributed by atoms with Crippen molar-refractivity contribution < 1.29 is 33.8 Å². The van der Waals surface area contributed by atoms with Crippen LogP contribution in [0.2, 0.25) is 0 Å². The number of esters is 1. The molecular weight excluding hydrogens is 438 g/mol. The van der Waals surface area contributed by atoms with Crippen molar-refractivity contribution in [3.63, 3.8) is 0 Å². The Morgan fingerprint density at radius 3 is 2.03 bits per heavy atom. The standard InChI is InChI=1S/C26H21NO7/c1-33-19-12-8-17(9-13-19)23(29)15-34-26(32)22(14-16-6-10-18(28)11-7-16)27-24(30)20-4-2-3-5-21(20)25(27)31/h2-13,22,28H,14-15H2,1H3. The maximum absolute atomic E-state index is 13.1. The number of Topliss-reactive ketones (excluding diaryl/α,β-unsaturated/α-hetero) is 1. The number of carbonyl (C=O) groups excluding carboxylic acids is 4. The molecule has 0 radical (unpaired) electrons. The third-order valence-electron chi connectivity index (χ3n) is 5.53. The van der Waals surface area contributed by atoms with E-state index >= 15 is 0 Å². The molecule has 8 heteroatoms. The van der Waals surface area contributed by atoms with Crippen molar-refractivity contribution >= 4 is 23.6 Å². The summed E-state index contributed by atoms with van der Waals surface area (Å²) in [5.41, 5.74) is 1.32. The van der Waals surface area contributed by atoms with Gasteiger partial charge >= 0.3 is 5.97 Å². The van der Waals surface area contributed by atoms with Gasteiger partial charge in [-0.05, 0) is 54.1 Å². The van der Waals surface area contributed by atoms with Gasteiger partial charge in [0.05, 0.1) is 18.2 Å². The Hall–Kier alpha value is -4.46. The van der Waals surface area contributed by atoms with Crippen LogP contribution >= 0.6 is 0 Å². The fraction of sp³-hybridized carbons (Fsp3) is 0.154. The van der Waals surface area contributed by atoms with E-state index in [-0.39, 0.29) is 23.3 Å². The van der Waals surface area contributed by atoms with E-state index in [9.17, 15) is 24.3 Å². The van der Waals surface area contributed by atoms with Crippen molar-refractivity contribution in [1.82, 2.24) is 4.90 Å². The van der Waals surface area contributed by atoms with Gasteiger partial charge in [-0.15, -0.1) is 0 Å². The summed E-state index contributed by atoms with van der Waals surface area (Å²) in [6.07, 6.45) is -0.0404. The van der Waals surface area contributed by atoms with Gasteiger partial charge < -0.3 is 14.6 Å². The number of nitrogens with zero attached hydrogens (tertiary/aromatic N) is 1. The molecule has 3 aromatic carbocycles. The van der Waals surface area contributed by atoms with Gasteiger partial charge in [-0.1, -0.05) is 24.3 Å². The molecule has 2 amide bonds. The van der Waals surface area contributed by atoms with Gasteiger partial charge in [-0.2, -0.15) is 0 Å². The van der Waals surface area contributed by atoms with Crippen LogP contribution in [0.1, 0.15) is 36.6 Å². The summed E-state index contributed by atoms with van der Waals surface area (Å²) in [7, 11) is 1.51. The number of phenols is 1. The number of hydrogen-bond acceptors (Lipinski definition) is 7. The summed E-state index contributed by atoms with van der Waals surface area (Å²) in [4.78, 5) is 52.5. The SMILES string of the molecule is COc1ccc(C(=O)COC(=O)C(Cc2ccc(O)cc2)N2C(=O)c3ccccc3C2=O)cc1. The highest BCUT2D eigenvalue weighted by molar-refractivity contribution is 6.22. The van der Waals surface area contributed by atoms with E-state index in [0.717, 1.165) is 4.90 Å². The van der Waals surface area contributed by atoms with Crippen LogP contribution in [0.25, 0.3) is 0 Å². The minimum Gasteiger partial charge on any atom is -0.508 e. The first-order valence-corrected chi connectivity index (χ1v) is 10.5. The Kier molecular flexibility index (Phi) is 6.40. The van der Waals surface area contributed by atoms with Crippen LogP contribution < -0.4 is 4.74 Å². The van der Waals surface area contributed by atoms with Gasteiger partial charge in [0.25, 0.3) is 11.8 Å². The molecule has 8 nitrogen and oxygen atoms in total. The van der Waals surface area contributed by atoms with Gasteiger partial charge in [0, 0.05) is 12.0 Å². The van der Waals surface area contributed by atoms with Crippen LogP contribution in [0.4, 0.5) is 0 Å². The average Bonchev–Trinajstić information content (AvgIpc) is 3.12. The molecule has 3 aromatic rings. The fourth-order valence-electron chi connectivity index (χ4n) is 3.72. The van der Waals surface area contributed by atoms with Crippen LogP contribution in [0.15, 0.2) is 72.8 Å². The van der Waals surface area contributed by atoms with Crippen molar-refractivity contribution in [2.75, 3.05) is 13.7 Å². The number of hydrogen-bond donors (Lipinski definition) is 1. The van der Waals surface area contributed by atoms with Gasteiger partial charge in [0.2, 0.25) is 0 Å². The molecule has 0 saturated carbocycles. The molecule has 0 bridgehead atoms. The quantitative estimate of drug-likeness (QED) is 0.313. The van der Waals surface area contributed by atoms with Gasteiger partial charge in [0.15, 0.2) is 12.4 Å². The number of phenolic OH excluding ortho intramolecular Hbond substituents is 1. The fourth-order valence-corrected chi connectivity index (χ4v) is 3.72. The third kappa shape index (κ3) is 4.52. The molecule has 0 aromatic heterocycles. The molecule has 1 aliphatic heterocycles. The summed E-state index contributed by atoms with van der Waals surface area (Å²) in [5, 5.41) is 9.54. The number of ketones is 1. The number of fused-ring (bicyclic) bond motifs is 1. The lowest BCUT2D eigenvalue weighted by Gasteiger charge is -2.24. The average molecular weight is 459 g/mol. The first-order valence-electron chi connectivity index (χ1n) is 10.5. The molecule has 4 rings (SSSR count). The highest BCUT2D eigenvalue weighted by atomic mass is 16.5. The lowest BCUT2D eigenvalue weighted by Crippen LogP contribution is -2.47. The van der Waals surface area contributed by atoms with Gasteiger partial charge in [-0.25, -0.2) is 4.79 Å². The molecule has 1 unspecified atom stereocenters. The zero-order valence-corrected chi connectivity index (χ0v) is 18.3. The van der Waals surface area contributed by atoms with Crippen LogP contribution in [0.5, 0.6) is 11.5 Å². The Bertz CT molecular complexity index is 1210. The molecule has 0 fully saturated rings. The van der Waals surface area contributed by atoms with E-state index in [1.54, 1.807) is 48.5 Å². The summed E-state index contributed by atoms with van der Waals surface area (Å²) in [5.74, 6) is -1.93. The number of methoxy groups -OCH3 is 1. The number of carbonyl (C=O) groups is 4. The molecule has 1 atom stereocenters. The molecule has 172 valence electrons. The second kappa shape index (κ2) is 9.58. The van der Waals surface area contributed by atoms with E-state index in [1.807, 2.05) is 0 Å². The zero-order valence-electron chi connectivity index (χ0n) is 18.3. The molecule has 34 heavy (non-hydrogen) atoms. The molecule has 1 N–H and O–H groups in total. The molecular formula is C26H21NO7. The molecule has 0 saturated heterocycles. The summed E-state index contributed by atoms with van der Waals surface area (Å²) in [6, 6.07) is 17.4. The van der Waals surface area contributed by atoms with Crippen molar-refractivity contribution in [3.05, 3.63) is 95.1 Å². The lowest BCUT2D eigenvalue weighted by molar-refractivity contribution is -0.147. The van der Waals surface area contributed by atoms with Crippen LogP contribution in [0, 0.1) is 0 Å². The lowest BCUT2D eigenvalue weighted by atomic mass is 10.0. The number of rotatable bonds is 8. The Labute approximate surface area is 195 Å². The number of aromatic hydroxyl groups is 1. The normalized spacial score (nSPS) is 13.4. The molecule has 0 aliphatic carbocycles. The van der Waals surface area contributed by atoms with Crippen molar-refractivity contribution in [3.8, 4) is 11.5 Å². The van der Waals surface area contributed by atoms with E-state index in [4.69, 9.17) is 9.47 Å². The Balaban J connectivity index is 1.55. The second-order valence-electron chi connectivity index (χ2n) is 7.67. The van der Waals surface area contributed by atoms with Gasteiger partial charge in [-0.3, -0.25) is 19.3 Å². The first-order chi connectivity index (χ1) is 16.4. The maximum atomic E-state index is 13.1. The summed E-state index contributed by atoms with van der Waals surface area (Å²) < 4.78 is 10.3. The van der Waals surface area contributed by atoms with Crippen LogP contribution in [-0.2, 0) is 16.0 Å². The topological polar surface area (TPSA) is 110 Å². The minimum atomic E-state index is -1.29. The third-order valence-corrected chi connectivity index (χ3v) is 5.53. The van der Waals surface area contributed by atoms with E-state index in [2.05, 4.69) is 0 Å². The van der Waals surface area contributed by atoms with E-state index in [1.165, 1.54) is 31.4 Å². The number of imide groups is 1. The minimum absolute atomic E-state index is 0.0358. The van der Waals surface area contributed by atoms with Crippen LogP contribution in [0.3, 0.4) is 0 Å². The second-order valence-corrected chi connectivity index (χ2v) is 7.67. The smallest absolute Gasteiger partial charge is 0.330 e. The van der Waals surface area contributed by atoms with E-state index in [0.29, 0.717) is 16.9 Å². The number of benzene rings is 3. The van der Waals surface area contributed by atoms with Crippen molar-refractivity contribution in [2.45, 2.75) is 12.5 Å². The first kappa shape index (κ1) is 22.7. The van der Waals surface area contributed by atoms with Crippen molar-refractivity contribution in [1.29, 1.82) is 0 Å². The number of amides is 2. The summed E-state index contributed by atoms with van der Waals surface area (Å²) in [6.45, 7) is -0.555. The Morgan fingerprint density at radius 1 is 0.882 bits per heavy atom. The highest BCUT2D eigenvalue weighted by Crippen LogP contribution is 2.27. The van der Waals surface area contributed by atoms with Gasteiger partial charge in [0.1, 0.15) is 17.5 Å². The van der Waals surface area contributed by atoms with E-state index < -0.39 is 36.2 Å². The highest BCUT2D eigenvalue weighted by Gasteiger charge is 2.43. The predicted octanol–water partition coefficient (Wildman–Crippen LogP) is 3.03.